The Morgan fingerprint density at radius 1 is 1.14 bits per heavy atom. The number of primary amides is 2. The molecule has 5 heteroatoms. The van der Waals surface area contributed by atoms with Gasteiger partial charge in [-0.15, -0.1) is 0 Å². The van der Waals surface area contributed by atoms with E-state index in [1.165, 1.54) is 0 Å². The maximum atomic E-state index is 11.1. The average molecular weight is 199 g/mol. The van der Waals surface area contributed by atoms with Crippen molar-refractivity contribution in [2.45, 2.75) is 31.7 Å². The normalized spacial score (nSPS) is 29.5. The Morgan fingerprint density at radius 3 is 2.21 bits per heavy atom. The van der Waals surface area contributed by atoms with Crippen LogP contribution in [0.3, 0.4) is 0 Å². The van der Waals surface area contributed by atoms with Gasteiger partial charge in [-0.05, 0) is 18.8 Å². The van der Waals surface area contributed by atoms with E-state index < -0.39 is 11.9 Å². The summed E-state index contributed by atoms with van der Waals surface area (Å²) in [6.07, 6.45) is 3.43. The summed E-state index contributed by atoms with van der Waals surface area (Å²) in [5.74, 6) is -1.38. The highest BCUT2D eigenvalue weighted by atomic mass is 16.2. The van der Waals surface area contributed by atoms with Crippen LogP contribution in [0.25, 0.3) is 0 Å². The minimum atomic E-state index is -0.743. The van der Waals surface area contributed by atoms with Crippen LogP contribution < -0.4 is 17.2 Å². The van der Waals surface area contributed by atoms with E-state index >= 15 is 0 Å². The van der Waals surface area contributed by atoms with E-state index in [0.29, 0.717) is 0 Å². The maximum Gasteiger partial charge on any atom is 0.234 e. The topological polar surface area (TPSA) is 112 Å². The lowest BCUT2D eigenvalue weighted by Crippen LogP contribution is -2.49. The monoisotopic (exact) mass is 199 g/mol. The molecule has 3 atom stereocenters. The predicted molar refractivity (Wildman–Crippen MR) is 51.8 cm³/mol. The molecule has 0 radical (unpaired) electrons. The number of amides is 2. The molecular formula is C9H17N3O2. The van der Waals surface area contributed by atoms with Crippen molar-refractivity contribution in [1.82, 2.24) is 0 Å². The Labute approximate surface area is 83.0 Å². The van der Waals surface area contributed by atoms with Crippen LogP contribution in [0.5, 0.6) is 0 Å². The van der Waals surface area contributed by atoms with Crippen LogP contribution >= 0.6 is 0 Å². The molecule has 1 fully saturated rings. The molecule has 1 aliphatic rings. The third-order valence-corrected chi connectivity index (χ3v) is 2.97. The molecule has 0 aliphatic heterocycles. The first-order valence-corrected chi connectivity index (χ1v) is 4.88. The van der Waals surface area contributed by atoms with Gasteiger partial charge in [-0.3, -0.25) is 9.59 Å². The molecule has 2 amide bonds. The van der Waals surface area contributed by atoms with E-state index in [0.717, 1.165) is 25.7 Å². The number of carbonyl (C=O) groups excluding carboxylic acids is 2. The Bertz CT molecular complexity index is 242. The van der Waals surface area contributed by atoms with Gasteiger partial charge in [-0.2, -0.15) is 0 Å². The second-order valence-electron chi connectivity index (χ2n) is 3.89. The summed E-state index contributed by atoms with van der Waals surface area (Å²) in [6, 6.07) is -0.743. The first-order chi connectivity index (χ1) is 6.54. The van der Waals surface area contributed by atoms with Crippen molar-refractivity contribution in [3.63, 3.8) is 0 Å². The summed E-state index contributed by atoms with van der Waals surface area (Å²) in [4.78, 5) is 22.0. The lowest BCUT2D eigenvalue weighted by Gasteiger charge is -2.31. The second-order valence-corrected chi connectivity index (χ2v) is 3.89. The molecule has 0 spiro atoms. The number of rotatable bonds is 3. The Morgan fingerprint density at radius 2 is 1.71 bits per heavy atom. The molecular weight excluding hydrogens is 182 g/mol. The van der Waals surface area contributed by atoms with Crippen LogP contribution in [0.1, 0.15) is 25.7 Å². The fraction of sp³-hybridized carbons (Fsp3) is 0.778. The van der Waals surface area contributed by atoms with Gasteiger partial charge in [-0.25, -0.2) is 0 Å². The molecule has 0 heterocycles. The number of carbonyl (C=O) groups is 2. The highest BCUT2D eigenvalue weighted by molar-refractivity contribution is 5.82. The van der Waals surface area contributed by atoms with E-state index in [9.17, 15) is 9.59 Å². The van der Waals surface area contributed by atoms with Crippen LogP contribution in [-0.4, -0.2) is 17.9 Å². The van der Waals surface area contributed by atoms with Gasteiger partial charge in [0.15, 0.2) is 0 Å². The third-order valence-electron chi connectivity index (χ3n) is 2.97. The highest BCUT2D eigenvalue weighted by Crippen LogP contribution is 2.31. The van der Waals surface area contributed by atoms with Crippen molar-refractivity contribution in [1.29, 1.82) is 0 Å². The lowest BCUT2D eigenvalue weighted by atomic mass is 9.75. The molecule has 5 nitrogen and oxygen atoms in total. The Hall–Kier alpha value is -1.10. The van der Waals surface area contributed by atoms with Crippen molar-refractivity contribution >= 4 is 11.8 Å². The Balaban J connectivity index is 2.72. The fourth-order valence-electron chi connectivity index (χ4n) is 2.15. The second kappa shape index (κ2) is 4.41. The van der Waals surface area contributed by atoms with Gasteiger partial charge in [0.05, 0.1) is 6.04 Å². The molecule has 1 saturated carbocycles. The summed E-state index contributed by atoms with van der Waals surface area (Å²) in [7, 11) is 0. The average Bonchev–Trinajstić information content (AvgIpc) is 2.16. The smallest absolute Gasteiger partial charge is 0.234 e. The lowest BCUT2D eigenvalue weighted by molar-refractivity contribution is -0.127. The van der Waals surface area contributed by atoms with Crippen molar-refractivity contribution in [2.75, 3.05) is 0 Å². The zero-order chi connectivity index (χ0) is 10.7. The van der Waals surface area contributed by atoms with Gasteiger partial charge in [0.1, 0.15) is 0 Å². The first-order valence-electron chi connectivity index (χ1n) is 4.88. The van der Waals surface area contributed by atoms with Crippen molar-refractivity contribution < 1.29 is 9.59 Å². The van der Waals surface area contributed by atoms with E-state index in [-0.39, 0.29) is 17.7 Å². The molecule has 3 unspecified atom stereocenters. The molecule has 0 aromatic heterocycles. The van der Waals surface area contributed by atoms with Gasteiger partial charge in [0.2, 0.25) is 11.8 Å². The van der Waals surface area contributed by atoms with Crippen LogP contribution in [-0.2, 0) is 9.59 Å². The van der Waals surface area contributed by atoms with Gasteiger partial charge in [0, 0.05) is 5.92 Å². The fourth-order valence-corrected chi connectivity index (χ4v) is 2.15. The SMILES string of the molecule is NC(=O)C(N)C1CCCCC1C(N)=O. The van der Waals surface area contributed by atoms with Crippen molar-refractivity contribution in [2.24, 2.45) is 29.0 Å². The maximum absolute atomic E-state index is 11.1. The molecule has 1 aliphatic carbocycles. The van der Waals surface area contributed by atoms with E-state index in [4.69, 9.17) is 17.2 Å². The zero-order valence-electron chi connectivity index (χ0n) is 8.11. The van der Waals surface area contributed by atoms with Crippen LogP contribution in [0, 0.1) is 11.8 Å². The standard InChI is InChI=1S/C9H17N3O2/c10-7(9(12)14)5-3-1-2-4-6(5)8(11)13/h5-7H,1-4,10H2,(H2,11,13)(H2,12,14). The minimum absolute atomic E-state index is 0.168. The summed E-state index contributed by atoms with van der Waals surface area (Å²) >= 11 is 0. The first kappa shape index (κ1) is 11.0. The largest absolute Gasteiger partial charge is 0.369 e. The molecule has 1 rings (SSSR count). The van der Waals surface area contributed by atoms with Crippen LogP contribution in [0.4, 0.5) is 0 Å². The van der Waals surface area contributed by atoms with Gasteiger partial charge < -0.3 is 17.2 Å². The molecule has 80 valence electrons. The number of hydrogen-bond donors (Lipinski definition) is 3. The summed E-state index contributed by atoms with van der Waals surface area (Å²) < 4.78 is 0. The summed E-state index contributed by atoms with van der Waals surface area (Å²) in [5.41, 5.74) is 16.0. The molecule has 0 saturated heterocycles. The zero-order valence-corrected chi connectivity index (χ0v) is 8.11. The molecule has 0 aromatic rings. The van der Waals surface area contributed by atoms with Gasteiger partial charge >= 0.3 is 0 Å². The molecule has 14 heavy (non-hydrogen) atoms. The Kier molecular flexibility index (Phi) is 3.46. The van der Waals surface area contributed by atoms with Crippen molar-refractivity contribution in [3.8, 4) is 0 Å². The predicted octanol–water partition coefficient (Wildman–Crippen LogP) is -0.909. The van der Waals surface area contributed by atoms with Gasteiger partial charge in [-0.1, -0.05) is 12.8 Å². The van der Waals surface area contributed by atoms with Crippen LogP contribution in [0.15, 0.2) is 0 Å². The van der Waals surface area contributed by atoms with E-state index in [1.807, 2.05) is 0 Å². The van der Waals surface area contributed by atoms with Crippen LogP contribution in [0.2, 0.25) is 0 Å². The molecule has 6 N–H and O–H groups in total. The molecule has 0 bridgehead atoms. The summed E-state index contributed by atoms with van der Waals surface area (Å²) in [6.45, 7) is 0. The minimum Gasteiger partial charge on any atom is -0.369 e. The number of nitrogens with two attached hydrogens (primary N) is 3. The third kappa shape index (κ3) is 2.23. The number of hydrogen-bond acceptors (Lipinski definition) is 3. The quantitative estimate of drug-likeness (QED) is 0.547. The van der Waals surface area contributed by atoms with Gasteiger partial charge in [0.25, 0.3) is 0 Å². The highest BCUT2D eigenvalue weighted by Gasteiger charge is 2.35. The summed E-state index contributed by atoms with van der Waals surface area (Å²) in [5, 5.41) is 0. The molecule has 0 aromatic carbocycles. The van der Waals surface area contributed by atoms with Crippen molar-refractivity contribution in [3.05, 3.63) is 0 Å². The van der Waals surface area contributed by atoms with E-state index in [2.05, 4.69) is 0 Å². The van der Waals surface area contributed by atoms with E-state index in [1.54, 1.807) is 0 Å².